The Balaban J connectivity index is 1.19. The van der Waals surface area contributed by atoms with Crippen LogP contribution in [0.15, 0.2) is 206 Å². The minimum Gasteiger partial charge on any atom is -0.309 e. The molecule has 0 aliphatic rings. The quantitative estimate of drug-likeness (QED) is 0.171. The average Bonchev–Trinajstić information content (AvgIpc) is 3.61. The molecule has 0 saturated heterocycles. The van der Waals surface area contributed by atoms with Gasteiger partial charge in [-0.25, -0.2) is 15.0 Å². The summed E-state index contributed by atoms with van der Waals surface area (Å²) in [5.74, 6) is 1.89. The molecule has 0 spiro atoms. The molecule has 9 aromatic carbocycles. The predicted molar refractivity (Wildman–Crippen MR) is 236 cm³/mol. The van der Waals surface area contributed by atoms with Crippen LogP contribution in [-0.4, -0.2) is 19.5 Å². The third-order valence-electron chi connectivity index (χ3n) is 11.0. The van der Waals surface area contributed by atoms with E-state index < -0.39 is 0 Å². The van der Waals surface area contributed by atoms with Crippen LogP contribution in [0.2, 0.25) is 0 Å². The van der Waals surface area contributed by atoms with Crippen molar-refractivity contribution >= 4 is 43.4 Å². The molecular formula is C53H34N4. The zero-order valence-electron chi connectivity index (χ0n) is 30.9. The molecule has 266 valence electrons. The van der Waals surface area contributed by atoms with Crippen LogP contribution in [0.4, 0.5) is 0 Å². The van der Waals surface area contributed by atoms with E-state index >= 15 is 0 Å². The zero-order chi connectivity index (χ0) is 37.7. The van der Waals surface area contributed by atoms with Crippen molar-refractivity contribution in [1.29, 1.82) is 0 Å². The summed E-state index contributed by atoms with van der Waals surface area (Å²) in [5, 5.41) is 7.12. The number of nitrogens with zero attached hydrogens (tertiary/aromatic N) is 4. The first-order valence-electron chi connectivity index (χ1n) is 19.3. The summed E-state index contributed by atoms with van der Waals surface area (Å²) in [6.45, 7) is 0. The van der Waals surface area contributed by atoms with Gasteiger partial charge in [0.2, 0.25) is 0 Å². The Labute approximate surface area is 330 Å². The SMILES string of the molecule is c1ccc(-c2cccc(-c3cc(-c4nc(-c5ccccc5)nc(-c5cccc6ccccc56)n4)ccc3-n3c4ccccc4c4cc5ccccc5cc43)c2)cc1. The third kappa shape index (κ3) is 5.74. The molecule has 2 heterocycles. The number of benzene rings is 9. The number of fused-ring (bicyclic) bond motifs is 5. The lowest BCUT2D eigenvalue weighted by atomic mass is 9.96. The highest BCUT2D eigenvalue weighted by molar-refractivity contribution is 6.14. The second kappa shape index (κ2) is 13.6. The van der Waals surface area contributed by atoms with Crippen molar-refractivity contribution in [3.63, 3.8) is 0 Å². The van der Waals surface area contributed by atoms with Crippen LogP contribution in [0, 0.1) is 0 Å². The number of aromatic nitrogens is 4. The molecule has 0 atom stereocenters. The van der Waals surface area contributed by atoms with Crippen molar-refractivity contribution in [2.75, 3.05) is 0 Å². The normalized spacial score (nSPS) is 11.5. The Morgan fingerprint density at radius 2 is 0.860 bits per heavy atom. The van der Waals surface area contributed by atoms with Gasteiger partial charge in [-0.15, -0.1) is 0 Å². The second-order valence-corrected chi connectivity index (χ2v) is 14.4. The fourth-order valence-electron chi connectivity index (χ4n) is 8.28. The molecular weight excluding hydrogens is 693 g/mol. The predicted octanol–water partition coefficient (Wildman–Crippen LogP) is 13.6. The van der Waals surface area contributed by atoms with Gasteiger partial charge >= 0.3 is 0 Å². The van der Waals surface area contributed by atoms with E-state index in [1.54, 1.807) is 0 Å². The van der Waals surface area contributed by atoms with Gasteiger partial charge in [0.1, 0.15) is 0 Å². The van der Waals surface area contributed by atoms with E-state index in [-0.39, 0.29) is 0 Å². The van der Waals surface area contributed by atoms with E-state index in [2.05, 4.69) is 193 Å². The van der Waals surface area contributed by atoms with Gasteiger partial charge in [0.25, 0.3) is 0 Å². The van der Waals surface area contributed by atoms with Crippen molar-refractivity contribution in [3.8, 4) is 62.1 Å². The van der Waals surface area contributed by atoms with E-state index in [1.165, 1.54) is 27.1 Å². The summed E-state index contributed by atoms with van der Waals surface area (Å²) in [5.41, 5.74) is 10.7. The number of hydrogen-bond donors (Lipinski definition) is 0. The van der Waals surface area contributed by atoms with Crippen LogP contribution in [0.5, 0.6) is 0 Å². The lowest BCUT2D eigenvalue weighted by Gasteiger charge is -2.17. The number of rotatable bonds is 6. The van der Waals surface area contributed by atoms with Crippen LogP contribution in [0.1, 0.15) is 0 Å². The fourth-order valence-corrected chi connectivity index (χ4v) is 8.28. The van der Waals surface area contributed by atoms with Gasteiger partial charge in [0.05, 0.1) is 16.7 Å². The molecule has 11 aromatic rings. The van der Waals surface area contributed by atoms with Crippen molar-refractivity contribution in [1.82, 2.24) is 19.5 Å². The summed E-state index contributed by atoms with van der Waals surface area (Å²) in [4.78, 5) is 15.5. The van der Waals surface area contributed by atoms with Crippen LogP contribution in [0.3, 0.4) is 0 Å². The maximum Gasteiger partial charge on any atom is 0.164 e. The van der Waals surface area contributed by atoms with Crippen molar-refractivity contribution in [2.45, 2.75) is 0 Å². The topological polar surface area (TPSA) is 43.6 Å². The molecule has 4 heteroatoms. The summed E-state index contributed by atoms with van der Waals surface area (Å²) in [6.07, 6.45) is 0. The van der Waals surface area contributed by atoms with Gasteiger partial charge in [-0.3, -0.25) is 0 Å². The first kappa shape index (κ1) is 32.7. The Hall–Kier alpha value is -7.69. The van der Waals surface area contributed by atoms with E-state index in [0.717, 1.165) is 60.9 Å². The second-order valence-electron chi connectivity index (χ2n) is 14.4. The summed E-state index contributed by atoms with van der Waals surface area (Å²) < 4.78 is 2.43. The maximum atomic E-state index is 5.25. The molecule has 0 aliphatic heterocycles. The smallest absolute Gasteiger partial charge is 0.164 e. The van der Waals surface area contributed by atoms with Gasteiger partial charge < -0.3 is 4.57 Å². The van der Waals surface area contributed by atoms with E-state index in [9.17, 15) is 0 Å². The van der Waals surface area contributed by atoms with Gasteiger partial charge in [-0.05, 0) is 80.7 Å². The minimum absolute atomic E-state index is 0.618. The molecule has 0 bridgehead atoms. The van der Waals surface area contributed by atoms with E-state index in [0.29, 0.717) is 17.5 Å². The minimum atomic E-state index is 0.618. The Kier molecular flexibility index (Phi) is 7.78. The van der Waals surface area contributed by atoms with E-state index in [1.807, 2.05) is 18.2 Å². The molecule has 4 nitrogen and oxygen atoms in total. The average molecular weight is 727 g/mol. The van der Waals surface area contributed by atoms with Gasteiger partial charge in [-0.2, -0.15) is 0 Å². The first-order valence-corrected chi connectivity index (χ1v) is 19.3. The van der Waals surface area contributed by atoms with Crippen molar-refractivity contribution in [2.24, 2.45) is 0 Å². The molecule has 0 fully saturated rings. The van der Waals surface area contributed by atoms with Crippen LogP contribution in [-0.2, 0) is 0 Å². The highest BCUT2D eigenvalue weighted by Gasteiger charge is 2.20. The van der Waals surface area contributed by atoms with Crippen molar-refractivity contribution in [3.05, 3.63) is 206 Å². The largest absolute Gasteiger partial charge is 0.309 e. The molecule has 0 saturated carbocycles. The van der Waals surface area contributed by atoms with Gasteiger partial charge in [0, 0.05) is 33.0 Å². The fraction of sp³-hybridized carbons (Fsp3) is 0. The molecule has 0 aliphatic carbocycles. The standard InChI is InChI=1S/C53H34N4/c1-3-15-35(16-4-1)38-23-13-24-41(31-38)46-33-42(29-30-49(46)57-48-28-12-11-26-44(48)47-32-39-20-7-8-21-40(39)34-50(47)57)52-54-51(37-18-5-2-6-19-37)55-53(56-52)45-27-14-22-36-17-9-10-25-43(36)45/h1-34H. The monoisotopic (exact) mass is 726 g/mol. The first-order chi connectivity index (χ1) is 28.2. The summed E-state index contributed by atoms with van der Waals surface area (Å²) >= 11 is 0. The Morgan fingerprint density at radius 3 is 1.67 bits per heavy atom. The lowest BCUT2D eigenvalue weighted by Crippen LogP contribution is -2.02. The van der Waals surface area contributed by atoms with Crippen molar-refractivity contribution < 1.29 is 0 Å². The van der Waals surface area contributed by atoms with Gasteiger partial charge in [-0.1, -0.05) is 164 Å². The number of hydrogen-bond acceptors (Lipinski definition) is 3. The van der Waals surface area contributed by atoms with Gasteiger partial charge in [0.15, 0.2) is 17.5 Å². The van der Waals surface area contributed by atoms with E-state index in [4.69, 9.17) is 15.0 Å². The highest BCUT2D eigenvalue weighted by atomic mass is 15.0. The Bertz CT molecular complexity index is 3290. The molecule has 11 rings (SSSR count). The molecule has 0 N–H and O–H groups in total. The third-order valence-corrected chi connectivity index (χ3v) is 11.0. The molecule has 0 radical (unpaired) electrons. The summed E-state index contributed by atoms with van der Waals surface area (Å²) in [6, 6.07) is 73.0. The summed E-state index contributed by atoms with van der Waals surface area (Å²) in [7, 11) is 0. The van der Waals surface area contributed by atoms with Crippen LogP contribution >= 0.6 is 0 Å². The maximum absolute atomic E-state index is 5.25. The molecule has 2 aromatic heterocycles. The Morgan fingerprint density at radius 1 is 0.281 bits per heavy atom. The molecule has 0 unspecified atom stereocenters. The molecule has 57 heavy (non-hydrogen) atoms. The van der Waals surface area contributed by atoms with Crippen LogP contribution in [0.25, 0.3) is 105 Å². The zero-order valence-corrected chi connectivity index (χ0v) is 30.9. The molecule has 0 amide bonds. The van der Waals surface area contributed by atoms with Crippen LogP contribution < -0.4 is 0 Å². The number of para-hydroxylation sites is 1. The lowest BCUT2D eigenvalue weighted by molar-refractivity contribution is 1.07. The highest BCUT2D eigenvalue weighted by Crippen LogP contribution is 2.40.